The van der Waals surface area contributed by atoms with Crippen molar-refractivity contribution in [2.24, 2.45) is 0 Å². The zero-order valence-electron chi connectivity index (χ0n) is 16.1. The average Bonchev–Trinajstić information content (AvgIpc) is 1.88. The molecule has 0 rings (SSSR count). The zero-order chi connectivity index (χ0) is 18.1. The number of rotatable bonds is 0. The van der Waals surface area contributed by atoms with E-state index < -0.39 is 0 Å². The Balaban J connectivity index is -0.000000260. The van der Waals surface area contributed by atoms with Crippen LogP contribution in [0.15, 0.2) is 0 Å². The number of hydrogen-bond acceptors (Lipinski definition) is 0. The molecule has 5 heteroatoms. The minimum absolute atomic E-state index is 0.106. The summed E-state index contributed by atoms with van der Waals surface area (Å²) in [6.45, 7) is 27.6. The third kappa shape index (κ3) is 44.9. The second-order valence-electron chi connectivity index (χ2n) is 9.30. The summed E-state index contributed by atoms with van der Waals surface area (Å²) in [6.07, 6.45) is 0. The van der Waals surface area contributed by atoms with Crippen molar-refractivity contribution < 1.29 is 15.9 Å². The molecule has 0 aliphatic carbocycles. The first-order chi connectivity index (χ1) is 8.83. The van der Waals surface area contributed by atoms with Crippen LogP contribution in [0.1, 0.15) is 83.1 Å². The fraction of sp³-hybridized carbons (Fsp3) is 1.00. The summed E-state index contributed by atoms with van der Waals surface area (Å²) in [5, 5.41) is 2.05. The van der Waals surface area contributed by atoms with Crippen molar-refractivity contribution in [3.8, 4) is 0 Å². The van der Waals surface area contributed by atoms with Gasteiger partial charge in [-0.05, 0) is 20.6 Å². The van der Waals surface area contributed by atoms with Gasteiger partial charge < -0.3 is 0 Å². The van der Waals surface area contributed by atoms with Crippen LogP contribution in [0.3, 0.4) is 0 Å². The van der Waals surface area contributed by atoms with Gasteiger partial charge in [-0.25, -0.2) is 0 Å². The van der Waals surface area contributed by atoms with Crippen molar-refractivity contribution in [3.05, 3.63) is 0 Å². The van der Waals surface area contributed by atoms with Gasteiger partial charge in [0.1, 0.15) is 0 Å². The van der Waals surface area contributed by atoms with Crippen molar-refractivity contribution in [1.29, 1.82) is 0 Å². The molecular weight excluding hydrogens is 431 g/mol. The second-order valence-corrected chi connectivity index (χ2v) is 18.2. The Kier molecular flexibility index (Phi) is 15.5. The summed E-state index contributed by atoms with van der Waals surface area (Å²) in [4.78, 5) is 0. The van der Waals surface area contributed by atoms with Gasteiger partial charge in [0.15, 0.2) is 0 Å². The van der Waals surface area contributed by atoms with E-state index >= 15 is 0 Å². The Morgan fingerprint density at radius 1 is 0.476 bits per heavy atom. The summed E-state index contributed by atoms with van der Waals surface area (Å²) in [5.74, 6) is 0. The van der Waals surface area contributed by atoms with Gasteiger partial charge in [0.2, 0.25) is 0 Å². The van der Waals surface area contributed by atoms with E-state index in [-0.39, 0.29) is 15.9 Å². The maximum absolute atomic E-state index is 4.81. The first kappa shape index (κ1) is 27.9. The first-order valence-corrected chi connectivity index (χ1v) is 13.2. The molecule has 0 aromatic rings. The molecule has 0 aliphatic heterocycles. The summed E-state index contributed by atoms with van der Waals surface area (Å²) >= 11 is -0.106. The number of halogens is 2. The molecule has 0 saturated heterocycles. The topological polar surface area (TPSA) is 0 Å². The average molecular weight is 470 g/mol. The molecular formula is C16H38Cl2P2Pd. The summed E-state index contributed by atoms with van der Waals surface area (Å²) in [5.41, 5.74) is 0. The molecule has 0 radical (unpaired) electrons. The van der Waals surface area contributed by atoms with Gasteiger partial charge in [0.25, 0.3) is 0 Å². The van der Waals surface area contributed by atoms with E-state index in [0.29, 0.717) is 20.6 Å². The Morgan fingerprint density at radius 3 is 0.571 bits per heavy atom. The molecule has 21 heavy (non-hydrogen) atoms. The molecule has 0 atom stereocenters. The fourth-order valence-corrected chi connectivity index (χ4v) is 6.75. The normalized spacial score (nSPS) is 13.0. The van der Waals surface area contributed by atoms with Gasteiger partial charge in [-0.1, -0.05) is 83.1 Å². The van der Waals surface area contributed by atoms with Crippen LogP contribution in [-0.2, 0) is 15.9 Å². The van der Waals surface area contributed by atoms with Gasteiger partial charge in [-0.2, -0.15) is 0 Å². The van der Waals surface area contributed by atoms with Gasteiger partial charge in [-0.15, -0.1) is 17.2 Å². The SMILES string of the molecule is CC(C)(C)PC(C)(C)C.CC(C)(C)PC(C)(C)C.[Cl][Pd][Cl]. The Bertz CT molecular complexity index is 193. The minimum atomic E-state index is -0.106. The van der Waals surface area contributed by atoms with Crippen molar-refractivity contribution in [2.45, 2.75) is 104 Å². The van der Waals surface area contributed by atoms with Crippen LogP contribution in [0.25, 0.3) is 0 Å². The molecule has 0 nitrogen and oxygen atoms in total. The molecule has 0 aliphatic rings. The molecule has 0 unspecified atom stereocenters. The van der Waals surface area contributed by atoms with E-state index in [9.17, 15) is 0 Å². The monoisotopic (exact) mass is 468 g/mol. The third-order valence-corrected chi connectivity index (χ3v) is 4.50. The van der Waals surface area contributed by atoms with Gasteiger partial charge >= 0.3 is 35.0 Å². The van der Waals surface area contributed by atoms with E-state index in [0.717, 1.165) is 17.2 Å². The Hall–Kier alpha value is 2.10. The first-order valence-electron chi connectivity index (χ1n) is 7.24. The molecule has 0 spiro atoms. The van der Waals surface area contributed by atoms with Crippen LogP contribution in [-0.4, -0.2) is 20.6 Å². The fourth-order valence-electron chi connectivity index (χ4n) is 2.25. The second kappa shape index (κ2) is 11.6. The van der Waals surface area contributed by atoms with Crippen molar-refractivity contribution in [3.63, 3.8) is 0 Å². The third-order valence-electron chi connectivity index (χ3n) is 1.50. The van der Waals surface area contributed by atoms with Crippen LogP contribution in [0.2, 0.25) is 0 Å². The molecule has 0 aromatic heterocycles. The molecule has 0 aromatic carbocycles. The summed E-state index contributed by atoms with van der Waals surface area (Å²) < 4.78 is 0. The molecule has 0 bridgehead atoms. The predicted octanol–water partition coefficient (Wildman–Crippen LogP) is 7.90. The summed E-state index contributed by atoms with van der Waals surface area (Å²) in [7, 11) is 11.7. The molecule has 0 saturated carbocycles. The van der Waals surface area contributed by atoms with E-state index in [1.165, 1.54) is 0 Å². The van der Waals surface area contributed by atoms with Gasteiger partial charge in [0.05, 0.1) is 0 Å². The quantitative estimate of drug-likeness (QED) is 0.250. The van der Waals surface area contributed by atoms with Crippen LogP contribution in [0, 0.1) is 0 Å². The standard InChI is InChI=1S/2C8H19P.2ClH.Pd/c2*1-7(2,3)9-8(4,5)6;;;/h2*9H,1-6H3;2*1H;/q;;;;+2/p-2. The molecule has 0 heterocycles. The van der Waals surface area contributed by atoms with Crippen molar-refractivity contribution in [2.75, 3.05) is 0 Å². The van der Waals surface area contributed by atoms with Crippen LogP contribution in [0.4, 0.5) is 0 Å². The predicted molar refractivity (Wildman–Crippen MR) is 107 cm³/mol. The number of hydrogen-bond donors (Lipinski definition) is 0. The summed E-state index contributed by atoms with van der Waals surface area (Å²) in [6, 6.07) is 0. The van der Waals surface area contributed by atoms with Crippen LogP contribution < -0.4 is 0 Å². The van der Waals surface area contributed by atoms with Crippen LogP contribution >= 0.6 is 36.2 Å². The van der Waals surface area contributed by atoms with Crippen molar-refractivity contribution in [1.82, 2.24) is 0 Å². The van der Waals surface area contributed by atoms with E-state index in [2.05, 4.69) is 83.1 Å². The van der Waals surface area contributed by atoms with Crippen LogP contribution in [0.5, 0.6) is 0 Å². The van der Waals surface area contributed by atoms with Gasteiger partial charge in [0, 0.05) is 0 Å². The molecule has 0 amide bonds. The maximum atomic E-state index is 4.81. The molecule has 0 fully saturated rings. The van der Waals surface area contributed by atoms with E-state index in [4.69, 9.17) is 19.1 Å². The Labute approximate surface area is 155 Å². The zero-order valence-corrected chi connectivity index (χ0v) is 21.1. The van der Waals surface area contributed by atoms with Gasteiger partial charge in [-0.3, -0.25) is 0 Å². The molecule has 0 N–H and O–H groups in total. The van der Waals surface area contributed by atoms with E-state index in [1.54, 1.807) is 0 Å². The Morgan fingerprint density at radius 2 is 0.571 bits per heavy atom. The van der Waals surface area contributed by atoms with Crippen molar-refractivity contribution >= 4 is 36.2 Å². The molecule has 136 valence electrons. The van der Waals surface area contributed by atoms with E-state index in [1.807, 2.05) is 0 Å².